The molecule has 7 nitrogen and oxygen atoms in total. The van der Waals surface area contributed by atoms with Gasteiger partial charge >= 0.3 is 0 Å². The molecule has 116 valence electrons. The van der Waals surface area contributed by atoms with E-state index in [4.69, 9.17) is 14.7 Å². The van der Waals surface area contributed by atoms with Crippen molar-refractivity contribution in [1.29, 1.82) is 0 Å². The molecule has 0 bridgehead atoms. The number of hydrogen-bond donors (Lipinski definition) is 2. The highest BCUT2D eigenvalue weighted by molar-refractivity contribution is 5.85. The smallest absolute Gasteiger partial charge is 0.276 e. The zero-order chi connectivity index (χ0) is 14.4. The molecule has 0 amide bonds. The third kappa shape index (κ3) is 2.32. The minimum absolute atomic E-state index is 0. The molecular weight excluding hydrogens is 306 g/mol. The van der Waals surface area contributed by atoms with Gasteiger partial charge < -0.3 is 14.7 Å². The Morgan fingerprint density at radius 2 is 2.14 bits per heavy atom. The van der Waals surface area contributed by atoms with Crippen molar-refractivity contribution < 1.29 is 8.94 Å². The van der Waals surface area contributed by atoms with Gasteiger partial charge in [0.15, 0.2) is 11.6 Å². The van der Waals surface area contributed by atoms with Crippen LogP contribution in [0.5, 0.6) is 0 Å². The first-order chi connectivity index (χ1) is 10.1. The quantitative estimate of drug-likeness (QED) is 0.768. The molecule has 0 unspecified atom stereocenters. The number of nitrogens with one attached hydrogen (secondary N) is 1. The summed E-state index contributed by atoms with van der Waals surface area (Å²) < 4.78 is 10.8. The summed E-state index contributed by atoms with van der Waals surface area (Å²) in [5, 5.41) is 11.1. The van der Waals surface area contributed by atoms with Gasteiger partial charge in [-0.1, -0.05) is 5.16 Å². The zero-order valence-corrected chi connectivity index (χ0v) is 12.8. The lowest BCUT2D eigenvalue weighted by Crippen LogP contribution is -2.44. The second kappa shape index (κ2) is 5.26. The standard InChI is InChI=1S/C14H15N5O2.ClH/c1-8-3-4-11(20-8)9-7-10(18-17-9)12-16-13(19-21-12)14(15)5-2-6-14;/h3-4,7H,2,5-6,15H2,1H3,(H,17,18);1H. The third-order valence-electron chi connectivity index (χ3n) is 3.92. The normalized spacial score (nSPS) is 16.1. The first-order valence-corrected chi connectivity index (χ1v) is 6.90. The average molecular weight is 322 g/mol. The van der Waals surface area contributed by atoms with Crippen molar-refractivity contribution in [3.63, 3.8) is 0 Å². The Morgan fingerprint density at radius 3 is 2.77 bits per heavy atom. The number of aryl methyl sites for hydroxylation is 1. The summed E-state index contributed by atoms with van der Waals surface area (Å²) in [6.07, 6.45) is 2.89. The predicted octanol–water partition coefficient (Wildman–Crippen LogP) is 2.79. The van der Waals surface area contributed by atoms with Crippen LogP contribution in [0.25, 0.3) is 23.0 Å². The molecule has 0 spiro atoms. The summed E-state index contributed by atoms with van der Waals surface area (Å²) in [5.74, 6) is 2.49. The summed E-state index contributed by atoms with van der Waals surface area (Å²) >= 11 is 0. The highest BCUT2D eigenvalue weighted by Crippen LogP contribution is 2.37. The van der Waals surface area contributed by atoms with Gasteiger partial charge in [-0.25, -0.2) is 0 Å². The van der Waals surface area contributed by atoms with Gasteiger partial charge in [-0.3, -0.25) is 5.10 Å². The van der Waals surface area contributed by atoms with E-state index in [1.54, 1.807) is 0 Å². The first-order valence-electron chi connectivity index (χ1n) is 6.90. The lowest BCUT2D eigenvalue weighted by Gasteiger charge is -2.34. The molecule has 3 aromatic heterocycles. The van der Waals surface area contributed by atoms with Crippen LogP contribution in [0.4, 0.5) is 0 Å². The van der Waals surface area contributed by atoms with Gasteiger partial charge in [0.05, 0.1) is 5.54 Å². The molecular formula is C14H16ClN5O2. The van der Waals surface area contributed by atoms with E-state index in [1.807, 2.05) is 25.1 Å². The molecule has 1 saturated carbocycles. The third-order valence-corrected chi connectivity index (χ3v) is 3.92. The minimum Gasteiger partial charge on any atom is -0.460 e. The number of aromatic nitrogens is 4. The van der Waals surface area contributed by atoms with Crippen LogP contribution < -0.4 is 5.73 Å². The predicted molar refractivity (Wildman–Crippen MR) is 81.3 cm³/mol. The molecule has 1 aliphatic rings. The molecule has 0 aromatic carbocycles. The second-order valence-corrected chi connectivity index (χ2v) is 5.51. The molecule has 1 aliphatic carbocycles. The van der Waals surface area contributed by atoms with Crippen LogP contribution in [0.2, 0.25) is 0 Å². The van der Waals surface area contributed by atoms with Gasteiger partial charge in [0.25, 0.3) is 5.89 Å². The van der Waals surface area contributed by atoms with E-state index in [1.165, 1.54) is 0 Å². The van der Waals surface area contributed by atoms with Gasteiger partial charge in [-0.05, 0) is 38.3 Å². The molecule has 0 aliphatic heterocycles. The summed E-state index contributed by atoms with van der Waals surface area (Å²) in [6, 6.07) is 5.58. The highest BCUT2D eigenvalue weighted by Gasteiger charge is 2.39. The molecule has 3 aromatic rings. The molecule has 8 heteroatoms. The largest absolute Gasteiger partial charge is 0.460 e. The monoisotopic (exact) mass is 321 g/mol. The lowest BCUT2D eigenvalue weighted by molar-refractivity contribution is 0.229. The van der Waals surface area contributed by atoms with E-state index in [0.717, 1.165) is 25.0 Å². The Labute approximate surface area is 132 Å². The van der Waals surface area contributed by atoms with E-state index < -0.39 is 5.54 Å². The van der Waals surface area contributed by atoms with Gasteiger partial charge in [0.1, 0.15) is 17.1 Å². The van der Waals surface area contributed by atoms with E-state index in [9.17, 15) is 0 Å². The van der Waals surface area contributed by atoms with Crippen LogP contribution in [0.1, 0.15) is 30.8 Å². The number of nitrogens with zero attached hydrogens (tertiary/aromatic N) is 3. The van der Waals surface area contributed by atoms with Crippen LogP contribution in [-0.2, 0) is 5.54 Å². The fraction of sp³-hybridized carbons (Fsp3) is 0.357. The number of halogens is 1. The van der Waals surface area contributed by atoms with Crippen molar-refractivity contribution in [2.45, 2.75) is 31.7 Å². The first kappa shape index (κ1) is 14.8. The number of aromatic amines is 1. The van der Waals surface area contributed by atoms with Crippen molar-refractivity contribution >= 4 is 12.4 Å². The maximum absolute atomic E-state index is 6.19. The molecule has 0 saturated heterocycles. The second-order valence-electron chi connectivity index (χ2n) is 5.51. The van der Waals surface area contributed by atoms with E-state index >= 15 is 0 Å². The molecule has 3 N–H and O–H groups in total. The van der Waals surface area contributed by atoms with Crippen LogP contribution in [-0.4, -0.2) is 20.3 Å². The average Bonchev–Trinajstić information content (AvgIpc) is 3.14. The summed E-state index contributed by atoms with van der Waals surface area (Å²) in [5.41, 5.74) is 7.11. The van der Waals surface area contributed by atoms with Crippen LogP contribution in [0, 0.1) is 6.92 Å². The maximum Gasteiger partial charge on any atom is 0.276 e. The van der Waals surface area contributed by atoms with E-state index in [-0.39, 0.29) is 12.4 Å². The molecule has 22 heavy (non-hydrogen) atoms. The molecule has 3 heterocycles. The topological polar surface area (TPSA) is 107 Å². The van der Waals surface area contributed by atoms with Gasteiger partial charge in [0, 0.05) is 6.07 Å². The summed E-state index contributed by atoms with van der Waals surface area (Å²) in [7, 11) is 0. The summed E-state index contributed by atoms with van der Waals surface area (Å²) in [6.45, 7) is 1.89. The van der Waals surface area contributed by atoms with Gasteiger partial charge in [-0.15, -0.1) is 12.4 Å². The number of H-pyrrole nitrogens is 1. The van der Waals surface area contributed by atoms with Crippen molar-refractivity contribution in [2.75, 3.05) is 0 Å². The Bertz CT molecular complexity index is 787. The maximum atomic E-state index is 6.19. The lowest BCUT2D eigenvalue weighted by atomic mass is 9.77. The number of rotatable bonds is 3. The Morgan fingerprint density at radius 1 is 1.32 bits per heavy atom. The van der Waals surface area contributed by atoms with Crippen LogP contribution >= 0.6 is 12.4 Å². The van der Waals surface area contributed by atoms with E-state index in [0.29, 0.717) is 28.9 Å². The Hall–Kier alpha value is -2.12. The van der Waals surface area contributed by atoms with Crippen molar-refractivity contribution in [1.82, 2.24) is 20.3 Å². The zero-order valence-electron chi connectivity index (χ0n) is 12.0. The fourth-order valence-corrected chi connectivity index (χ4v) is 2.45. The van der Waals surface area contributed by atoms with E-state index in [2.05, 4.69) is 20.3 Å². The molecule has 0 radical (unpaired) electrons. The number of nitrogens with two attached hydrogens (primary N) is 1. The molecule has 0 atom stereocenters. The van der Waals surface area contributed by atoms with Crippen molar-refractivity contribution in [3.05, 3.63) is 29.8 Å². The summed E-state index contributed by atoms with van der Waals surface area (Å²) in [4.78, 5) is 4.38. The Balaban J connectivity index is 0.00000144. The van der Waals surface area contributed by atoms with Crippen molar-refractivity contribution in [3.8, 4) is 23.0 Å². The minimum atomic E-state index is -0.428. The van der Waals surface area contributed by atoms with Crippen molar-refractivity contribution in [2.24, 2.45) is 5.73 Å². The number of hydrogen-bond acceptors (Lipinski definition) is 6. The highest BCUT2D eigenvalue weighted by atomic mass is 35.5. The SMILES string of the molecule is Cc1ccc(-c2cc(-c3nc(C4(N)CCC4)no3)[nH]n2)o1.Cl. The van der Waals surface area contributed by atoms with Gasteiger partial charge in [0.2, 0.25) is 0 Å². The molecule has 4 rings (SSSR count). The van der Waals surface area contributed by atoms with Crippen LogP contribution in [0.3, 0.4) is 0 Å². The fourth-order valence-electron chi connectivity index (χ4n) is 2.45. The number of furan rings is 1. The van der Waals surface area contributed by atoms with Crippen LogP contribution in [0.15, 0.2) is 27.1 Å². The Kier molecular flexibility index (Phi) is 3.54. The van der Waals surface area contributed by atoms with Gasteiger partial charge in [-0.2, -0.15) is 10.1 Å². The molecule has 1 fully saturated rings.